The Labute approximate surface area is 122 Å². The maximum absolute atomic E-state index is 12.8. The van der Waals surface area contributed by atoms with Gasteiger partial charge in [0.05, 0.1) is 0 Å². The summed E-state index contributed by atoms with van der Waals surface area (Å²) in [5.41, 5.74) is -0.485. The third-order valence-corrected chi connectivity index (χ3v) is 3.53. The van der Waals surface area contributed by atoms with Crippen molar-refractivity contribution in [1.82, 2.24) is 5.32 Å². The Morgan fingerprint density at radius 3 is 2.48 bits per heavy atom. The maximum atomic E-state index is 12.8. The van der Waals surface area contributed by atoms with E-state index in [1.165, 1.54) is 24.3 Å². The molecule has 5 nitrogen and oxygen atoms in total. The fourth-order valence-electron chi connectivity index (χ4n) is 2.05. The van der Waals surface area contributed by atoms with Crippen LogP contribution < -0.4 is 10.6 Å². The lowest BCUT2D eigenvalue weighted by Gasteiger charge is -2.15. The smallest absolute Gasteiger partial charge is 0.240 e. The van der Waals surface area contributed by atoms with Gasteiger partial charge in [-0.05, 0) is 43.5 Å². The molecule has 1 aliphatic carbocycles. The molecule has 1 aromatic carbocycles. The number of nitrogens with one attached hydrogen (secondary N) is 2. The van der Waals surface area contributed by atoms with Crippen LogP contribution in [-0.4, -0.2) is 32.1 Å². The second kappa shape index (κ2) is 6.67. The van der Waals surface area contributed by atoms with Crippen molar-refractivity contribution in [3.63, 3.8) is 0 Å². The van der Waals surface area contributed by atoms with Crippen LogP contribution in [0.2, 0.25) is 0 Å². The standard InChI is InChI=1S/C15H19FN2O3/c1-21-10-2-9-17-13(19)15(7-8-15)14(20)18-12-5-3-11(16)4-6-12/h3-6H,2,7-10H2,1H3,(H,17,19)(H,18,20). The Kier molecular flexibility index (Phi) is 4.90. The summed E-state index contributed by atoms with van der Waals surface area (Å²) < 4.78 is 17.7. The second-order valence-corrected chi connectivity index (χ2v) is 5.15. The molecule has 6 heteroatoms. The molecule has 0 atom stereocenters. The van der Waals surface area contributed by atoms with Crippen molar-refractivity contribution in [3.05, 3.63) is 30.1 Å². The molecule has 1 aromatic rings. The van der Waals surface area contributed by atoms with Crippen LogP contribution in [0.25, 0.3) is 0 Å². The van der Waals surface area contributed by atoms with Crippen molar-refractivity contribution in [2.24, 2.45) is 5.41 Å². The molecule has 0 heterocycles. The number of carbonyl (C=O) groups excluding carboxylic acids is 2. The zero-order valence-electron chi connectivity index (χ0n) is 11.9. The lowest BCUT2D eigenvalue weighted by Crippen LogP contribution is -2.40. The summed E-state index contributed by atoms with van der Waals surface area (Å²) in [5.74, 6) is -0.957. The highest BCUT2D eigenvalue weighted by Crippen LogP contribution is 2.46. The predicted octanol–water partition coefficient (Wildman–Crippen LogP) is 1.70. The van der Waals surface area contributed by atoms with Crippen LogP contribution in [0.15, 0.2) is 24.3 Å². The van der Waals surface area contributed by atoms with Crippen LogP contribution in [0.3, 0.4) is 0 Å². The predicted molar refractivity (Wildman–Crippen MR) is 76.2 cm³/mol. The molecule has 0 aliphatic heterocycles. The Morgan fingerprint density at radius 1 is 1.24 bits per heavy atom. The third kappa shape index (κ3) is 3.78. The molecule has 1 saturated carbocycles. The summed E-state index contributed by atoms with van der Waals surface area (Å²) in [6, 6.07) is 5.47. The van der Waals surface area contributed by atoms with E-state index in [1.807, 2.05) is 0 Å². The van der Waals surface area contributed by atoms with Crippen LogP contribution in [0.4, 0.5) is 10.1 Å². The van der Waals surface area contributed by atoms with Gasteiger partial charge in [-0.1, -0.05) is 0 Å². The lowest BCUT2D eigenvalue weighted by molar-refractivity contribution is -0.134. The van der Waals surface area contributed by atoms with Crippen LogP contribution in [0.1, 0.15) is 19.3 Å². The van der Waals surface area contributed by atoms with E-state index in [9.17, 15) is 14.0 Å². The van der Waals surface area contributed by atoms with E-state index in [-0.39, 0.29) is 17.6 Å². The largest absolute Gasteiger partial charge is 0.385 e. The van der Waals surface area contributed by atoms with Gasteiger partial charge in [0.15, 0.2) is 0 Å². The Hall–Kier alpha value is -1.95. The molecule has 114 valence electrons. The fourth-order valence-corrected chi connectivity index (χ4v) is 2.05. The van der Waals surface area contributed by atoms with E-state index in [4.69, 9.17) is 4.74 Å². The Bertz CT molecular complexity index is 512. The first-order valence-corrected chi connectivity index (χ1v) is 6.93. The van der Waals surface area contributed by atoms with Crippen LogP contribution in [-0.2, 0) is 14.3 Å². The molecular formula is C15H19FN2O3. The van der Waals surface area contributed by atoms with Crippen molar-refractivity contribution in [2.45, 2.75) is 19.3 Å². The number of anilines is 1. The Morgan fingerprint density at radius 2 is 1.90 bits per heavy atom. The topological polar surface area (TPSA) is 67.4 Å². The third-order valence-electron chi connectivity index (χ3n) is 3.53. The van der Waals surface area contributed by atoms with Crippen LogP contribution >= 0.6 is 0 Å². The molecule has 0 saturated heterocycles. The van der Waals surface area contributed by atoms with Gasteiger partial charge in [-0.3, -0.25) is 9.59 Å². The number of amides is 2. The first-order chi connectivity index (χ1) is 10.1. The van der Waals surface area contributed by atoms with E-state index >= 15 is 0 Å². The molecule has 1 fully saturated rings. The summed E-state index contributed by atoms with van der Waals surface area (Å²) in [6.45, 7) is 1.05. The molecule has 21 heavy (non-hydrogen) atoms. The summed E-state index contributed by atoms with van der Waals surface area (Å²) >= 11 is 0. The zero-order valence-corrected chi connectivity index (χ0v) is 11.9. The van der Waals surface area contributed by atoms with E-state index in [0.717, 1.165) is 0 Å². The van der Waals surface area contributed by atoms with Crippen molar-refractivity contribution in [2.75, 3.05) is 25.6 Å². The van der Waals surface area contributed by atoms with Crippen molar-refractivity contribution >= 4 is 17.5 Å². The average Bonchev–Trinajstić information content (AvgIpc) is 3.27. The van der Waals surface area contributed by atoms with Crippen molar-refractivity contribution in [1.29, 1.82) is 0 Å². The minimum Gasteiger partial charge on any atom is -0.385 e. The molecule has 1 aliphatic rings. The quantitative estimate of drug-likeness (QED) is 0.594. The normalized spacial score (nSPS) is 15.3. The zero-order chi connectivity index (χ0) is 15.3. The highest BCUT2D eigenvalue weighted by molar-refractivity contribution is 6.13. The van der Waals surface area contributed by atoms with Crippen LogP contribution in [0, 0.1) is 11.2 Å². The monoisotopic (exact) mass is 294 g/mol. The van der Waals surface area contributed by atoms with Gasteiger partial charge in [0.1, 0.15) is 11.2 Å². The summed E-state index contributed by atoms with van der Waals surface area (Å²) in [4.78, 5) is 24.3. The number of hydrogen-bond donors (Lipinski definition) is 2. The van der Waals surface area contributed by atoms with Crippen molar-refractivity contribution < 1.29 is 18.7 Å². The minimum atomic E-state index is -0.971. The van der Waals surface area contributed by atoms with Gasteiger partial charge < -0.3 is 15.4 Å². The number of ether oxygens (including phenoxy) is 1. The van der Waals surface area contributed by atoms with Gasteiger partial charge in [0, 0.05) is 25.9 Å². The number of hydrogen-bond acceptors (Lipinski definition) is 3. The average molecular weight is 294 g/mol. The molecule has 0 unspecified atom stereocenters. The second-order valence-electron chi connectivity index (χ2n) is 5.15. The number of rotatable bonds is 7. The maximum Gasteiger partial charge on any atom is 0.240 e. The molecule has 0 radical (unpaired) electrons. The molecule has 2 N–H and O–H groups in total. The van der Waals surface area contributed by atoms with E-state index < -0.39 is 5.41 Å². The van der Waals surface area contributed by atoms with Gasteiger partial charge >= 0.3 is 0 Å². The van der Waals surface area contributed by atoms with Gasteiger partial charge in [-0.15, -0.1) is 0 Å². The highest BCUT2D eigenvalue weighted by atomic mass is 19.1. The van der Waals surface area contributed by atoms with E-state index in [0.29, 0.717) is 38.1 Å². The highest BCUT2D eigenvalue weighted by Gasteiger charge is 2.56. The lowest BCUT2D eigenvalue weighted by atomic mass is 10.0. The fraction of sp³-hybridized carbons (Fsp3) is 0.467. The number of halogens is 1. The minimum absolute atomic E-state index is 0.252. The van der Waals surface area contributed by atoms with E-state index in [2.05, 4.69) is 10.6 Å². The molecule has 2 amide bonds. The van der Waals surface area contributed by atoms with Gasteiger partial charge in [-0.25, -0.2) is 4.39 Å². The summed E-state index contributed by atoms with van der Waals surface area (Å²) in [5, 5.41) is 5.42. The first kappa shape index (κ1) is 15.4. The summed E-state index contributed by atoms with van der Waals surface area (Å²) in [7, 11) is 1.60. The van der Waals surface area contributed by atoms with Gasteiger partial charge in [0.2, 0.25) is 11.8 Å². The van der Waals surface area contributed by atoms with Gasteiger partial charge in [0.25, 0.3) is 0 Å². The van der Waals surface area contributed by atoms with Gasteiger partial charge in [-0.2, -0.15) is 0 Å². The molecule has 0 aromatic heterocycles. The summed E-state index contributed by atoms with van der Waals surface area (Å²) in [6.07, 6.45) is 1.78. The Balaban J connectivity index is 1.88. The molecule has 0 spiro atoms. The number of benzene rings is 1. The molecule has 0 bridgehead atoms. The number of carbonyl (C=O) groups is 2. The molecule has 2 rings (SSSR count). The molecular weight excluding hydrogens is 275 g/mol. The van der Waals surface area contributed by atoms with Crippen LogP contribution in [0.5, 0.6) is 0 Å². The van der Waals surface area contributed by atoms with E-state index in [1.54, 1.807) is 7.11 Å². The SMILES string of the molecule is COCCCNC(=O)C1(C(=O)Nc2ccc(F)cc2)CC1. The first-order valence-electron chi connectivity index (χ1n) is 6.93. The number of methoxy groups -OCH3 is 1. The van der Waals surface area contributed by atoms with Crippen molar-refractivity contribution in [3.8, 4) is 0 Å².